The van der Waals surface area contributed by atoms with Crippen molar-refractivity contribution in [3.63, 3.8) is 0 Å². The van der Waals surface area contributed by atoms with E-state index in [1.807, 2.05) is 13.8 Å². The lowest BCUT2D eigenvalue weighted by molar-refractivity contribution is 0.0694. The molecule has 1 N–H and O–H groups in total. The molecule has 0 unspecified atom stereocenters. The number of carboxylic acid groups (broad SMARTS) is 1. The Bertz CT molecular complexity index is 910. The average molecular weight is 346 g/mol. The van der Waals surface area contributed by atoms with Crippen LogP contribution in [0.15, 0.2) is 35.1 Å². The third kappa shape index (κ3) is 2.76. The lowest BCUT2D eigenvalue weighted by Crippen LogP contribution is -2.36. The van der Waals surface area contributed by atoms with Gasteiger partial charge in [0.25, 0.3) is 5.56 Å². The Hall–Kier alpha value is -2.40. The van der Waals surface area contributed by atoms with Gasteiger partial charge in [0.1, 0.15) is 5.56 Å². The molecular formula is C18H16ClNO4. The van der Waals surface area contributed by atoms with Gasteiger partial charge in [0.15, 0.2) is 5.78 Å². The highest BCUT2D eigenvalue weighted by Crippen LogP contribution is 2.35. The van der Waals surface area contributed by atoms with Crippen LogP contribution in [0.4, 0.5) is 0 Å². The van der Waals surface area contributed by atoms with Crippen LogP contribution in [0.5, 0.6) is 0 Å². The second-order valence-corrected chi connectivity index (χ2v) is 7.22. The largest absolute Gasteiger partial charge is 0.477 e. The maximum atomic E-state index is 12.7. The van der Waals surface area contributed by atoms with E-state index in [0.717, 1.165) is 0 Å². The lowest BCUT2D eigenvalue weighted by Gasteiger charge is -2.32. The van der Waals surface area contributed by atoms with Gasteiger partial charge in [0, 0.05) is 28.4 Å². The van der Waals surface area contributed by atoms with Crippen LogP contribution in [0.3, 0.4) is 0 Å². The van der Waals surface area contributed by atoms with Crippen molar-refractivity contribution in [3.8, 4) is 5.69 Å². The molecule has 0 spiro atoms. The third-order valence-electron chi connectivity index (χ3n) is 4.20. The van der Waals surface area contributed by atoms with Crippen molar-refractivity contribution in [3.05, 3.63) is 62.5 Å². The smallest absolute Gasteiger partial charge is 0.341 e. The van der Waals surface area contributed by atoms with Crippen molar-refractivity contribution in [2.24, 2.45) is 5.41 Å². The van der Waals surface area contributed by atoms with Crippen LogP contribution in [0, 0.1) is 5.41 Å². The molecule has 2 aromatic rings. The number of hydrogen-bond donors (Lipinski definition) is 1. The molecule has 1 aliphatic rings. The number of nitrogens with zero attached hydrogens (tertiary/aromatic N) is 1. The zero-order valence-corrected chi connectivity index (χ0v) is 14.1. The Morgan fingerprint density at radius 3 is 2.38 bits per heavy atom. The van der Waals surface area contributed by atoms with Crippen LogP contribution in [0.2, 0.25) is 5.02 Å². The standard InChI is InChI=1S/C18H16ClNO4/c1-18(2)8-14-12(15(21)9-18)7-13(17(23)24)16(22)20(14)11-5-3-10(19)4-6-11/h3-7H,8-9H2,1-2H3,(H,23,24). The van der Waals surface area contributed by atoms with Gasteiger partial charge in [-0.05, 0) is 42.2 Å². The molecule has 1 aromatic carbocycles. The Kier molecular flexibility index (Phi) is 3.84. The third-order valence-corrected chi connectivity index (χ3v) is 4.46. The van der Waals surface area contributed by atoms with Crippen LogP contribution in [0.25, 0.3) is 5.69 Å². The van der Waals surface area contributed by atoms with Gasteiger partial charge in [0.05, 0.1) is 0 Å². The second-order valence-electron chi connectivity index (χ2n) is 6.78. The summed E-state index contributed by atoms with van der Waals surface area (Å²) in [7, 11) is 0. The Balaban J connectivity index is 2.38. The zero-order chi connectivity index (χ0) is 17.6. The SMILES string of the molecule is CC1(C)CC(=O)c2cc(C(=O)O)c(=O)n(-c3ccc(Cl)cc3)c2C1. The number of carbonyl (C=O) groups excluding carboxylic acids is 1. The van der Waals surface area contributed by atoms with Crippen molar-refractivity contribution >= 4 is 23.4 Å². The van der Waals surface area contributed by atoms with Gasteiger partial charge in [-0.15, -0.1) is 0 Å². The van der Waals surface area contributed by atoms with Gasteiger partial charge < -0.3 is 5.11 Å². The maximum Gasteiger partial charge on any atom is 0.341 e. The molecule has 1 heterocycles. The number of benzene rings is 1. The molecule has 0 aliphatic heterocycles. The Morgan fingerprint density at radius 1 is 1.17 bits per heavy atom. The van der Waals surface area contributed by atoms with Crippen molar-refractivity contribution < 1.29 is 14.7 Å². The number of aromatic carboxylic acids is 1. The summed E-state index contributed by atoms with van der Waals surface area (Å²) in [4.78, 5) is 36.7. The fourth-order valence-electron chi connectivity index (χ4n) is 3.13. The normalized spacial score (nSPS) is 15.9. The maximum absolute atomic E-state index is 12.7. The van der Waals surface area contributed by atoms with Gasteiger partial charge in [0.2, 0.25) is 0 Å². The van der Waals surface area contributed by atoms with Gasteiger partial charge in [-0.1, -0.05) is 25.4 Å². The first-order chi connectivity index (χ1) is 11.2. The summed E-state index contributed by atoms with van der Waals surface area (Å²) in [5.41, 5.74) is 0.00467. The quantitative estimate of drug-likeness (QED) is 0.905. The molecule has 0 amide bonds. The molecule has 6 heteroatoms. The second kappa shape index (κ2) is 5.60. The first kappa shape index (κ1) is 16.5. The number of hydrogen-bond acceptors (Lipinski definition) is 3. The van der Waals surface area contributed by atoms with E-state index in [1.54, 1.807) is 24.3 Å². The molecule has 1 aromatic heterocycles. The van der Waals surface area contributed by atoms with E-state index in [-0.39, 0.29) is 11.2 Å². The summed E-state index contributed by atoms with van der Waals surface area (Å²) in [6.07, 6.45) is 0.823. The molecule has 24 heavy (non-hydrogen) atoms. The van der Waals surface area contributed by atoms with Crippen LogP contribution in [-0.4, -0.2) is 21.4 Å². The number of halogens is 1. The van der Waals surface area contributed by atoms with Gasteiger partial charge in [-0.25, -0.2) is 4.79 Å². The number of carboxylic acids is 1. The van der Waals surface area contributed by atoms with Crippen LogP contribution in [0.1, 0.15) is 46.7 Å². The predicted molar refractivity (Wildman–Crippen MR) is 90.4 cm³/mol. The predicted octanol–water partition coefficient (Wildman–Crippen LogP) is 3.34. The summed E-state index contributed by atoms with van der Waals surface area (Å²) in [5, 5.41) is 9.83. The molecular weight excluding hydrogens is 330 g/mol. The average Bonchev–Trinajstić information content (AvgIpc) is 2.47. The van der Waals surface area contributed by atoms with Gasteiger partial charge in [-0.2, -0.15) is 0 Å². The molecule has 0 radical (unpaired) electrons. The van der Waals surface area contributed by atoms with Crippen LogP contribution in [-0.2, 0) is 6.42 Å². The Morgan fingerprint density at radius 2 is 1.79 bits per heavy atom. The number of rotatable bonds is 2. The first-order valence-electron chi connectivity index (χ1n) is 7.51. The monoisotopic (exact) mass is 345 g/mol. The van der Waals surface area contributed by atoms with E-state index in [0.29, 0.717) is 34.8 Å². The molecule has 0 saturated carbocycles. The fraction of sp³-hybridized carbons (Fsp3) is 0.278. The van der Waals surface area contributed by atoms with E-state index in [9.17, 15) is 19.5 Å². The summed E-state index contributed by atoms with van der Waals surface area (Å²) in [6, 6.07) is 7.74. The molecule has 124 valence electrons. The fourth-order valence-corrected chi connectivity index (χ4v) is 3.26. The number of aromatic nitrogens is 1. The van der Waals surface area contributed by atoms with E-state index < -0.39 is 17.1 Å². The minimum absolute atomic E-state index is 0.147. The van der Waals surface area contributed by atoms with Crippen molar-refractivity contribution in [1.82, 2.24) is 4.57 Å². The highest BCUT2D eigenvalue weighted by molar-refractivity contribution is 6.30. The van der Waals surface area contributed by atoms with E-state index >= 15 is 0 Å². The summed E-state index contributed by atoms with van der Waals surface area (Å²) >= 11 is 5.90. The van der Waals surface area contributed by atoms with E-state index in [1.165, 1.54) is 10.6 Å². The highest BCUT2D eigenvalue weighted by Gasteiger charge is 2.34. The molecule has 0 atom stereocenters. The van der Waals surface area contributed by atoms with E-state index in [2.05, 4.69) is 0 Å². The summed E-state index contributed by atoms with van der Waals surface area (Å²) in [5.74, 6) is -1.49. The molecule has 0 bridgehead atoms. The number of Topliss-reactive ketones (excluding diaryl/α,β-unsaturated/α-hetero) is 1. The molecule has 0 fully saturated rings. The number of fused-ring (bicyclic) bond motifs is 1. The van der Waals surface area contributed by atoms with Crippen molar-refractivity contribution in [2.45, 2.75) is 26.7 Å². The van der Waals surface area contributed by atoms with Crippen molar-refractivity contribution in [1.29, 1.82) is 0 Å². The summed E-state index contributed by atoms with van der Waals surface area (Å²) in [6.45, 7) is 3.91. The number of pyridine rings is 1. The van der Waals surface area contributed by atoms with Gasteiger partial charge in [-0.3, -0.25) is 14.2 Å². The Labute approximate surface area is 143 Å². The molecule has 3 rings (SSSR count). The highest BCUT2D eigenvalue weighted by atomic mass is 35.5. The summed E-state index contributed by atoms with van der Waals surface area (Å²) < 4.78 is 1.33. The van der Waals surface area contributed by atoms with Crippen LogP contribution < -0.4 is 5.56 Å². The van der Waals surface area contributed by atoms with Crippen molar-refractivity contribution in [2.75, 3.05) is 0 Å². The molecule has 1 aliphatic carbocycles. The number of ketones is 1. The van der Waals surface area contributed by atoms with Gasteiger partial charge >= 0.3 is 5.97 Å². The zero-order valence-electron chi connectivity index (χ0n) is 13.3. The first-order valence-corrected chi connectivity index (χ1v) is 7.89. The van der Waals surface area contributed by atoms with E-state index in [4.69, 9.17) is 11.6 Å². The molecule has 5 nitrogen and oxygen atoms in total. The lowest BCUT2D eigenvalue weighted by atomic mass is 9.75. The molecule has 0 saturated heterocycles. The minimum atomic E-state index is -1.34. The van der Waals surface area contributed by atoms with Crippen LogP contribution >= 0.6 is 11.6 Å². The number of carbonyl (C=O) groups is 2. The topological polar surface area (TPSA) is 76.4 Å². The minimum Gasteiger partial charge on any atom is -0.477 e.